The minimum atomic E-state index is -1.61. The molecule has 5 heteroatoms. The Morgan fingerprint density at radius 3 is 2.27 bits per heavy atom. The van der Waals surface area contributed by atoms with Crippen LogP contribution in [0.4, 0.5) is 0 Å². The van der Waals surface area contributed by atoms with Crippen molar-refractivity contribution in [1.82, 2.24) is 0 Å². The van der Waals surface area contributed by atoms with Gasteiger partial charge in [0.05, 0.1) is 5.56 Å². The zero-order valence-electron chi connectivity index (χ0n) is 7.67. The number of carbonyl (C=O) groups excluding carboxylic acids is 2. The van der Waals surface area contributed by atoms with Crippen molar-refractivity contribution in [3.05, 3.63) is 35.9 Å². The highest BCUT2D eigenvalue weighted by molar-refractivity contribution is 6.33. The molecular weight excluding hydrogens is 200 g/mol. The predicted octanol–water partition coefficient (Wildman–Crippen LogP) is 0.497. The minimum Gasteiger partial charge on any atom is -0.475 e. The molecule has 0 radical (unpaired) electrons. The van der Waals surface area contributed by atoms with Crippen LogP contribution in [0.3, 0.4) is 0 Å². The molecule has 0 atom stereocenters. The summed E-state index contributed by atoms with van der Waals surface area (Å²) in [5.41, 5.74) is 0.274. The van der Waals surface area contributed by atoms with E-state index < -0.39 is 24.3 Å². The number of ketones is 1. The fourth-order valence-corrected chi connectivity index (χ4v) is 0.850. The molecule has 15 heavy (non-hydrogen) atoms. The summed E-state index contributed by atoms with van der Waals surface area (Å²) in [5, 5.41) is 8.22. The molecule has 0 aliphatic heterocycles. The summed E-state index contributed by atoms with van der Waals surface area (Å²) in [4.78, 5) is 31.9. The molecule has 0 fully saturated rings. The van der Waals surface area contributed by atoms with Crippen LogP contribution in [0.2, 0.25) is 0 Å². The fraction of sp³-hybridized carbons (Fsp3) is 0.100. The zero-order valence-corrected chi connectivity index (χ0v) is 7.67. The number of ether oxygens (including phenoxy) is 1. The van der Waals surface area contributed by atoms with E-state index in [9.17, 15) is 14.4 Å². The van der Waals surface area contributed by atoms with E-state index >= 15 is 0 Å². The Morgan fingerprint density at radius 1 is 1.13 bits per heavy atom. The first-order valence-electron chi connectivity index (χ1n) is 4.09. The number of carbonyl (C=O) groups is 3. The van der Waals surface area contributed by atoms with E-state index in [2.05, 4.69) is 4.74 Å². The second-order valence-electron chi connectivity index (χ2n) is 2.67. The van der Waals surface area contributed by atoms with E-state index in [4.69, 9.17) is 5.11 Å². The molecule has 0 aliphatic carbocycles. The Hall–Kier alpha value is -2.17. The van der Waals surface area contributed by atoms with E-state index in [-0.39, 0.29) is 5.56 Å². The lowest BCUT2D eigenvalue weighted by Gasteiger charge is -2.01. The second kappa shape index (κ2) is 4.90. The number of hydrogen-bond acceptors (Lipinski definition) is 4. The van der Waals surface area contributed by atoms with Gasteiger partial charge in [0.2, 0.25) is 0 Å². The van der Waals surface area contributed by atoms with Crippen LogP contribution in [0.15, 0.2) is 30.3 Å². The van der Waals surface area contributed by atoms with Crippen molar-refractivity contribution < 1.29 is 24.2 Å². The number of carboxylic acid groups (broad SMARTS) is 1. The lowest BCUT2D eigenvalue weighted by atomic mass is 10.2. The summed E-state index contributed by atoms with van der Waals surface area (Å²) in [7, 11) is 0. The minimum absolute atomic E-state index is 0.274. The van der Waals surface area contributed by atoms with Crippen LogP contribution in [-0.4, -0.2) is 29.4 Å². The average molecular weight is 208 g/mol. The maximum atomic E-state index is 11.2. The molecule has 0 aliphatic rings. The molecule has 0 saturated carbocycles. The number of carboxylic acids is 1. The number of Topliss-reactive ketones (excluding diaryl/α,β-unsaturated/α-hetero) is 1. The normalized spacial score (nSPS) is 9.33. The third-order valence-corrected chi connectivity index (χ3v) is 1.58. The number of benzene rings is 1. The quantitative estimate of drug-likeness (QED) is 0.575. The Morgan fingerprint density at radius 2 is 1.73 bits per heavy atom. The summed E-state index contributed by atoms with van der Waals surface area (Å²) in [6, 6.07) is 8.01. The second-order valence-corrected chi connectivity index (χ2v) is 2.67. The van der Waals surface area contributed by atoms with E-state index in [0.29, 0.717) is 0 Å². The molecule has 5 nitrogen and oxygen atoms in total. The van der Waals surface area contributed by atoms with E-state index in [1.54, 1.807) is 18.2 Å². The molecule has 0 bridgehead atoms. The van der Waals surface area contributed by atoms with Crippen LogP contribution in [0, 0.1) is 0 Å². The zero-order chi connectivity index (χ0) is 11.3. The highest BCUT2D eigenvalue weighted by Gasteiger charge is 2.14. The van der Waals surface area contributed by atoms with Gasteiger partial charge in [-0.2, -0.15) is 0 Å². The molecule has 0 amide bonds. The largest absolute Gasteiger partial charge is 0.475 e. The molecule has 0 spiro atoms. The molecule has 0 unspecified atom stereocenters. The van der Waals surface area contributed by atoms with Gasteiger partial charge < -0.3 is 9.84 Å². The first kappa shape index (κ1) is 10.9. The molecule has 0 heterocycles. The average Bonchev–Trinajstić information content (AvgIpc) is 2.26. The summed E-state index contributed by atoms with van der Waals surface area (Å²) >= 11 is 0. The molecule has 1 aromatic carbocycles. The maximum absolute atomic E-state index is 11.2. The first-order chi connectivity index (χ1) is 7.11. The molecule has 0 saturated heterocycles. The third kappa shape index (κ3) is 3.22. The number of esters is 1. The standard InChI is InChI=1S/C10H8O5/c11-8(9(12)13)6-15-10(14)7-4-2-1-3-5-7/h1-5H,6H2,(H,12,13). The van der Waals surface area contributed by atoms with Crippen molar-refractivity contribution in [2.24, 2.45) is 0 Å². The highest BCUT2D eigenvalue weighted by atomic mass is 16.5. The van der Waals surface area contributed by atoms with E-state index in [1.165, 1.54) is 12.1 Å². The summed E-state index contributed by atoms with van der Waals surface area (Å²) in [6.45, 7) is -0.747. The van der Waals surface area contributed by atoms with Crippen LogP contribution in [-0.2, 0) is 14.3 Å². The first-order valence-corrected chi connectivity index (χ1v) is 4.09. The topological polar surface area (TPSA) is 80.7 Å². The van der Waals surface area contributed by atoms with Gasteiger partial charge in [0.25, 0.3) is 5.78 Å². The van der Waals surface area contributed by atoms with Gasteiger partial charge in [-0.05, 0) is 12.1 Å². The number of rotatable bonds is 4. The summed E-state index contributed by atoms with van der Waals surface area (Å²) in [5.74, 6) is -3.49. The van der Waals surface area contributed by atoms with Gasteiger partial charge in [0.15, 0.2) is 6.61 Å². The molecule has 1 N–H and O–H groups in total. The Kier molecular flexibility index (Phi) is 3.56. The molecule has 1 aromatic rings. The Balaban J connectivity index is 2.51. The van der Waals surface area contributed by atoms with Crippen LogP contribution in [0.1, 0.15) is 10.4 Å². The van der Waals surface area contributed by atoms with Gasteiger partial charge in [0, 0.05) is 0 Å². The fourth-order valence-electron chi connectivity index (χ4n) is 0.850. The summed E-state index contributed by atoms with van der Waals surface area (Å²) < 4.78 is 4.48. The maximum Gasteiger partial charge on any atom is 0.375 e. The van der Waals surface area contributed by atoms with Gasteiger partial charge in [0.1, 0.15) is 0 Å². The van der Waals surface area contributed by atoms with Crippen molar-refractivity contribution in [1.29, 1.82) is 0 Å². The predicted molar refractivity (Wildman–Crippen MR) is 49.4 cm³/mol. The van der Waals surface area contributed by atoms with Crippen LogP contribution in [0.5, 0.6) is 0 Å². The van der Waals surface area contributed by atoms with Crippen molar-refractivity contribution in [3.63, 3.8) is 0 Å². The Bertz CT molecular complexity index is 382. The van der Waals surface area contributed by atoms with Crippen LogP contribution >= 0.6 is 0 Å². The van der Waals surface area contributed by atoms with Crippen molar-refractivity contribution in [3.8, 4) is 0 Å². The highest BCUT2D eigenvalue weighted by Crippen LogP contribution is 2.00. The third-order valence-electron chi connectivity index (χ3n) is 1.58. The van der Waals surface area contributed by atoms with Gasteiger partial charge in [-0.15, -0.1) is 0 Å². The van der Waals surface area contributed by atoms with Gasteiger partial charge in [-0.1, -0.05) is 18.2 Å². The smallest absolute Gasteiger partial charge is 0.375 e. The monoisotopic (exact) mass is 208 g/mol. The van der Waals surface area contributed by atoms with E-state index in [0.717, 1.165) is 0 Å². The van der Waals surface area contributed by atoms with Gasteiger partial charge >= 0.3 is 11.9 Å². The van der Waals surface area contributed by atoms with Crippen LogP contribution < -0.4 is 0 Å². The van der Waals surface area contributed by atoms with Crippen molar-refractivity contribution in [2.75, 3.05) is 6.61 Å². The van der Waals surface area contributed by atoms with Gasteiger partial charge in [-0.25, -0.2) is 9.59 Å². The lowest BCUT2D eigenvalue weighted by Crippen LogP contribution is -2.21. The Labute approximate surface area is 85.3 Å². The molecule has 0 aromatic heterocycles. The molecular formula is C10H8O5. The lowest BCUT2D eigenvalue weighted by molar-refractivity contribution is -0.150. The number of hydrogen-bond donors (Lipinski definition) is 1. The molecule has 78 valence electrons. The van der Waals surface area contributed by atoms with Gasteiger partial charge in [-0.3, -0.25) is 4.79 Å². The SMILES string of the molecule is O=C(O)C(=O)COC(=O)c1ccccc1. The molecule has 1 rings (SSSR count). The summed E-state index contributed by atoms with van der Waals surface area (Å²) in [6.07, 6.45) is 0. The van der Waals surface area contributed by atoms with Crippen molar-refractivity contribution in [2.45, 2.75) is 0 Å². The number of aliphatic carboxylic acids is 1. The van der Waals surface area contributed by atoms with Crippen LogP contribution in [0.25, 0.3) is 0 Å². The van der Waals surface area contributed by atoms with Crippen molar-refractivity contribution >= 4 is 17.7 Å². The van der Waals surface area contributed by atoms with E-state index in [1.807, 2.05) is 0 Å².